The number of hydrogen-bond acceptors (Lipinski definition) is 4. The molecule has 0 atom stereocenters. The molecule has 0 aliphatic carbocycles. The number of piperazine rings is 1. The van der Waals surface area contributed by atoms with E-state index in [-0.39, 0.29) is 18.4 Å². The van der Waals surface area contributed by atoms with Crippen molar-refractivity contribution < 1.29 is 14.3 Å². The molecular weight excluding hydrogens is 272 g/mol. The molecule has 0 radical (unpaired) electrons. The number of carbonyl (C=O) groups is 2. The van der Waals surface area contributed by atoms with Gasteiger partial charge in [0.15, 0.2) is 5.96 Å². The number of amides is 1. The highest BCUT2D eigenvalue weighted by molar-refractivity contribution is 5.84. The molecule has 1 fully saturated rings. The molecule has 1 rings (SSSR count). The minimum Gasteiger partial charge on any atom is -0.459 e. The number of ether oxygens (including phenoxy) is 1. The summed E-state index contributed by atoms with van der Waals surface area (Å²) < 4.78 is 5.24. The van der Waals surface area contributed by atoms with Crippen LogP contribution in [0.1, 0.15) is 27.7 Å². The fourth-order valence-corrected chi connectivity index (χ4v) is 2.09. The lowest BCUT2D eigenvalue weighted by Crippen LogP contribution is -2.54. The van der Waals surface area contributed by atoms with Crippen molar-refractivity contribution in [1.29, 1.82) is 0 Å². The molecule has 0 aromatic heterocycles. The molecule has 0 spiro atoms. The van der Waals surface area contributed by atoms with Crippen LogP contribution in [0, 0.1) is 0 Å². The molecule has 1 aliphatic heterocycles. The van der Waals surface area contributed by atoms with Crippen molar-refractivity contribution in [3.63, 3.8) is 0 Å². The Kier molecular flexibility index (Phi) is 5.99. The molecule has 0 aromatic carbocycles. The monoisotopic (exact) mass is 298 g/mol. The van der Waals surface area contributed by atoms with Crippen LogP contribution in [0.15, 0.2) is 4.99 Å². The minimum atomic E-state index is -0.491. The largest absolute Gasteiger partial charge is 0.459 e. The number of esters is 1. The molecule has 1 aliphatic rings. The van der Waals surface area contributed by atoms with E-state index in [0.717, 1.165) is 0 Å². The maximum atomic E-state index is 11.7. The molecule has 120 valence electrons. The van der Waals surface area contributed by atoms with Gasteiger partial charge in [-0.2, -0.15) is 0 Å². The second-order valence-electron chi connectivity index (χ2n) is 5.98. The smallest absolute Gasteiger partial charge is 0.325 e. The van der Waals surface area contributed by atoms with Gasteiger partial charge < -0.3 is 19.9 Å². The van der Waals surface area contributed by atoms with Crippen LogP contribution in [0.3, 0.4) is 0 Å². The van der Waals surface area contributed by atoms with Gasteiger partial charge in [0.2, 0.25) is 5.91 Å². The molecule has 1 heterocycles. The summed E-state index contributed by atoms with van der Waals surface area (Å²) in [4.78, 5) is 31.0. The first-order chi connectivity index (χ1) is 9.73. The van der Waals surface area contributed by atoms with Crippen LogP contribution in [0.5, 0.6) is 0 Å². The summed E-state index contributed by atoms with van der Waals surface area (Å²) in [7, 11) is 1.68. The predicted octanol–water partition coefficient (Wildman–Crippen LogP) is 0.0676. The summed E-state index contributed by atoms with van der Waals surface area (Å²) >= 11 is 0. The van der Waals surface area contributed by atoms with Crippen LogP contribution in [0.4, 0.5) is 0 Å². The minimum absolute atomic E-state index is 0.0802. The Bertz CT molecular complexity index is 407. The normalized spacial score (nSPS) is 16.7. The van der Waals surface area contributed by atoms with Crippen molar-refractivity contribution in [3.8, 4) is 0 Å². The molecule has 7 heteroatoms. The summed E-state index contributed by atoms with van der Waals surface area (Å²) in [5.74, 6) is 0.432. The Hall–Kier alpha value is -1.79. The summed E-state index contributed by atoms with van der Waals surface area (Å²) in [5, 5.41) is 3.00. The van der Waals surface area contributed by atoms with Crippen molar-refractivity contribution in [3.05, 3.63) is 0 Å². The van der Waals surface area contributed by atoms with Crippen LogP contribution < -0.4 is 5.32 Å². The number of hydrogen-bond donors (Lipinski definition) is 1. The van der Waals surface area contributed by atoms with E-state index in [1.165, 1.54) is 0 Å². The van der Waals surface area contributed by atoms with Crippen molar-refractivity contribution >= 4 is 17.8 Å². The molecule has 0 unspecified atom stereocenters. The molecule has 1 saturated heterocycles. The number of nitrogens with one attached hydrogen (secondary N) is 1. The Balaban J connectivity index is 2.43. The summed E-state index contributed by atoms with van der Waals surface area (Å²) in [5.41, 5.74) is -0.491. The van der Waals surface area contributed by atoms with Crippen LogP contribution in [0.2, 0.25) is 0 Å². The molecule has 7 nitrogen and oxygen atoms in total. The third-order valence-electron chi connectivity index (χ3n) is 3.05. The lowest BCUT2D eigenvalue weighted by molar-refractivity contribution is -0.153. The first kappa shape index (κ1) is 17.3. The van der Waals surface area contributed by atoms with E-state index in [4.69, 9.17) is 4.74 Å². The fourth-order valence-electron chi connectivity index (χ4n) is 2.09. The van der Waals surface area contributed by atoms with Gasteiger partial charge in [0, 0.05) is 40.2 Å². The molecule has 1 amide bonds. The zero-order chi connectivity index (χ0) is 16.0. The van der Waals surface area contributed by atoms with Crippen LogP contribution >= 0.6 is 0 Å². The average molecular weight is 298 g/mol. The quantitative estimate of drug-likeness (QED) is 0.443. The van der Waals surface area contributed by atoms with Crippen molar-refractivity contribution in [2.45, 2.75) is 33.3 Å². The first-order valence-corrected chi connectivity index (χ1v) is 7.16. The maximum Gasteiger partial charge on any atom is 0.325 e. The van der Waals surface area contributed by atoms with E-state index in [0.29, 0.717) is 32.1 Å². The van der Waals surface area contributed by atoms with Gasteiger partial charge in [-0.05, 0) is 20.8 Å². The fraction of sp³-hybridized carbons (Fsp3) is 0.786. The zero-order valence-corrected chi connectivity index (χ0v) is 13.6. The lowest BCUT2D eigenvalue weighted by Gasteiger charge is -2.36. The topological polar surface area (TPSA) is 74.2 Å². The molecule has 1 N–H and O–H groups in total. The van der Waals surface area contributed by atoms with E-state index in [1.807, 2.05) is 25.7 Å². The van der Waals surface area contributed by atoms with Gasteiger partial charge in [-0.1, -0.05) is 0 Å². The van der Waals surface area contributed by atoms with E-state index < -0.39 is 5.60 Å². The van der Waals surface area contributed by atoms with E-state index in [9.17, 15) is 9.59 Å². The molecule has 0 saturated carbocycles. The van der Waals surface area contributed by atoms with E-state index in [2.05, 4.69) is 10.3 Å². The number of carbonyl (C=O) groups excluding carboxylic acids is 2. The van der Waals surface area contributed by atoms with Crippen molar-refractivity contribution in [1.82, 2.24) is 15.1 Å². The predicted molar refractivity (Wildman–Crippen MR) is 81.0 cm³/mol. The van der Waals surface area contributed by atoms with Crippen LogP contribution in [-0.2, 0) is 14.3 Å². The van der Waals surface area contributed by atoms with Gasteiger partial charge in [0.05, 0.1) is 0 Å². The standard InChI is InChI=1S/C14H26N4O3/c1-11(19)17-6-8-18(9-7-17)13(15-5)16-10-12(20)21-14(2,3)4/h6-10H2,1-5H3,(H,15,16). The lowest BCUT2D eigenvalue weighted by atomic mass is 10.2. The summed E-state index contributed by atoms with van der Waals surface area (Å²) in [6, 6.07) is 0. The van der Waals surface area contributed by atoms with Gasteiger partial charge >= 0.3 is 5.97 Å². The highest BCUT2D eigenvalue weighted by Crippen LogP contribution is 2.06. The maximum absolute atomic E-state index is 11.7. The van der Waals surface area contributed by atoms with Gasteiger partial charge in [0.25, 0.3) is 0 Å². The summed E-state index contributed by atoms with van der Waals surface area (Å²) in [6.07, 6.45) is 0. The number of guanidine groups is 1. The number of aliphatic imine (C=N–C) groups is 1. The zero-order valence-electron chi connectivity index (χ0n) is 13.6. The summed E-state index contributed by atoms with van der Waals surface area (Å²) in [6.45, 7) is 9.90. The van der Waals surface area contributed by atoms with Crippen LogP contribution in [-0.4, -0.2) is 73.0 Å². The van der Waals surface area contributed by atoms with Gasteiger partial charge in [-0.3, -0.25) is 14.6 Å². The highest BCUT2D eigenvalue weighted by Gasteiger charge is 2.22. The van der Waals surface area contributed by atoms with Gasteiger partial charge in [0.1, 0.15) is 12.1 Å². The number of nitrogens with zero attached hydrogens (tertiary/aromatic N) is 3. The second kappa shape index (κ2) is 7.28. The highest BCUT2D eigenvalue weighted by atomic mass is 16.6. The molecule has 0 aromatic rings. The Morgan fingerprint density at radius 3 is 2.10 bits per heavy atom. The van der Waals surface area contributed by atoms with Gasteiger partial charge in [-0.25, -0.2) is 0 Å². The Labute approximate surface area is 126 Å². The number of rotatable bonds is 2. The average Bonchev–Trinajstić information content (AvgIpc) is 2.38. The van der Waals surface area contributed by atoms with Crippen LogP contribution in [0.25, 0.3) is 0 Å². The molecule has 0 bridgehead atoms. The van der Waals surface area contributed by atoms with Crippen molar-refractivity contribution in [2.75, 3.05) is 39.8 Å². The third-order valence-corrected chi connectivity index (χ3v) is 3.05. The Morgan fingerprint density at radius 2 is 1.67 bits per heavy atom. The van der Waals surface area contributed by atoms with Gasteiger partial charge in [-0.15, -0.1) is 0 Å². The van der Waals surface area contributed by atoms with E-state index in [1.54, 1.807) is 18.9 Å². The second-order valence-corrected chi connectivity index (χ2v) is 5.98. The molecule has 21 heavy (non-hydrogen) atoms. The van der Waals surface area contributed by atoms with Crippen molar-refractivity contribution in [2.24, 2.45) is 4.99 Å². The Morgan fingerprint density at radius 1 is 1.14 bits per heavy atom. The molecular formula is C14H26N4O3. The first-order valence-electron chi connectivity index (χ1n) is 7.16. The van der Waals surface area contributed by atoms with E-state index >= 15 is 0 Å². The third kappa shape index (κ3) is 6.01. The SMILES string of the molecule is CN=C(NCC(=O)OC(C)(C)C)N1CCN(C(C)=O)CC1.